The molecule has 1 heterocycles. The monoisotopic (exact) mass is 408 g/mol. The van der Waals surface area contributed by atoms with Crippen molar-refractivity contribution in [2.75, 3.05) is 6.61 Å². The first-order valence-corrected chi connectivity index (χ1v) is 11.6. The lowest BCUT2D eigenvalue weighted by Gasteiger charge is -2.11. The summed E-state index contributed by atoms with van der Waals surface area (Å²) in [6.45, 7) is 0.569. The van der Waals surface area contributed by atoms with Crippen LogP contribution in [0.4, 0.5) is 0 Å². The molecule has 1 saturated heterocycles. The van der Waals surface area contributed by atoms with Crippen LogP contribution in [0.2, 0.25) is 5.02 Å². The van der Waals surface area contributed by atoms with Crippen LogP contribution in [-0.2, 0) is 22.5 Å². The molecule has 0 aliphatic carbocycles. The Morgan fingerprint density at radius 3 is 2.04 bits per heavy atom. The van der Waals surface area contributed by atoms with Crippen molar-refractivity contribution in [3.63, 3.8) is 0 Å². The van der Waals surface area contributed by atoms with Crippen molar-refractivity contribution in [3.05, 3.63) is 71.2 Å². The van der Waals surface area contributed by atoms with Crippen LogP contribution in [-0.4, -0.2) is 23.4 Å². The van der Waals surface area contributed by atoms with E-state index in [2.05, 4.69) is 0 Å². The fraction of sp³-hybridized carbons (Fsp3) is 0.111. The van der Waals surface area contributed by atoms with Crippen molar-refractivity contribution in [1.82, 2.24) is 0 Å². The van der Waals surface area contributed by atoms with Crippen molar-refractivity contribution in [3.8, 4) is 0 Å². The summed E-state index contributed by atoms with van der Waals surface area (Å²) in [5.41, 5.74) is 0.850. The Balaban J connectivity index is 1.94. The van der Waals surface area contributed by atoms with Crippen LogP contribution in [0.3, 0.4) is 0 Å². The van der Waals surface area contributed by atoms with Crippen molar-refractivity contribution in [1.29, 1.82) is 0 Å². The molecule has 0 amide bonds. The van der Waals surface area contributed by atoms with E-state index >= 15 is 0 Å². The standard InChI is InChI=1S/C18H13ClO5S2/c19-12-5-7-13(8-6-12)25(20,21)26(22,23)18-10-9-15(17-11-24-17)14-3-1-2-4-16(14)18/h1-10,17H,11H2. The predicted molar refractivity (Wildman–Crippen MR) is 98.5 cm³/mol. The molecule has 0 spiro atoms. The van der Waals surface area contributed by atoms with Gasteiger partial charge in [0.15, 0.2) is 0 Å². The maximum Gasteiger partial charge on any atom is 0.286 e. The lowest BCUT2D eigenvalue weighted by Crippen LogP contribution is -2.16. The van der Waals surface area contributed by atoms with E-state index < -0.39 is 17.7 Å². The minimum Gasteiger partial charge on any atom is -0.368 e. The molecular formula is C18H13ClO5S2. The molecule has 0 N–H and O–H groups in total. The van der Waals surface area contributed by atoms with E-state index in [1.165, 1.54) is 30.3 Å². The van der Waals surface area contributed by atoms with E-state index in [9.17, 15) is 16.8 Å². The van der Waals surface area contributed by atoms with E-state index in [-0.39, 0.29) is 15.9 Å². The lowest BCUT2D eigenvalue weighted by molar-refractivity contribution is 0.417. The Bertz CT molecular complexity index is 1210. The van der Waals surface area contributed by atoms with Crippen molar-refractivity contribution < 1.29 is 21.6 Å². The van der Waals surface area contributed by atoms with E-state index in [0.717, 1.165) is 5.56 Å². The molecule has 1 atom stereocenters. The fourth-order valence-corrected chi connectivity index (χ4v) is 6.87. The second-order valence-corrected chi connectivity index (χ2v) is 11.7. The molecule has 0 bridgehead atoms. The number of benzene rings is 3. The van der Waals surface area contributed by atoms with Crippen LogP contribution < -0.4 is 0 Å². The fourth-order valence-electron chi connectivity index (χ4n) is 2.87. The van der Waals surface area contributed by atoms with Gasteiger partial charge in [-0.15, -0.1) is 0 Å². The molecular weight excluding hydrogens is 396 g/mol. The van der Waals surface area contributed by atoms with Gasteiger partial charge in [0.2, 0.25) is 0 Å². The highest BCUT2D eigenvalue weighted by atomic mass is 35.5. The molecule has 8 heteroatoms. The average Bonchev–Trinajstić information content (AvgIpc) is 3.46. The minimum absolute atomic E-state index is 0.0791. The molecule has 134 valence electrons. The molecule has 1 aliphatic heterocycles. The predicted octanol–water partition coefficient (Wildman–Crippen LogP) is 3.73. The van der Waals surface area contributed by atoms with Crippen LogP contribution in [0, 0.1) is 0 Å². The van der Waals surface area contributed by atoms with Crippen molar-refractivity contribution in [2.45, 2.75) is 15.9 Å². The average molecular weight is 409 g/mol. The smallest absolute Gasteiger partial charge is 0.286 e. The van der Waals surface area contributed by atoms with Gasteiger partial charge in [0.1, 0.15) is 6.10 Å². The summed E-state index contributed by atoms with van der Waals surface area (Å²) in [5.74, 6) is 0. The first-order chi connectivity index (χ1) is 12.3. The number of epoxide rings is 1. The third-order valence-corrected chi connectivity index (χ3v) is 9.68. The normalized spacial score (nSPS) is 17.3. The molecule has 0 saturated carbocycles. The van der Waals surface area contributed by atoms with E-state index in [1.54, 1.807) is 30.3 Å². The summed E-state index contributed by atoms with van der Waals surface area (Å²) in [6, 6.07) is 14.8. The Labute approximate surface area is 155 Å². The maximum absolute atomic E-state index is 13.0. The van der Waals surface area contributed by atoms with Gasteiger partial charge < -0.3 is 4.74 Å². The van der Waals surface area contributed by atoms with Gasteiger partial charge in [-0.3, -0.25) is 0 Å². The second-order valence-electron chi connectivity index (χ2n) is 5.88. The summed E-state index contributed by atoms with van der Waals surface area (Å²) in [7, 11) is -9.30. The van der Waals surface area contributed by atoms with Gasteiger partial charge in [0.05, 0.1) is 16.4 Å². The van der Waals surface area contributed by atoms with E-state index in [1.807, 2.05) is 0 Å². The number of ether oxygens (including phenoxy) is 1. The highest BCUT2D eigenvalue weighted by molar-refractivity contribution is 8.67. The van der Waals surface area contributed by atoms with Crippen LogP contribution >= 0.6 is 11.6 Å². The Kier molecular flexibility index (Phi) is 4.07. The summed E-state index contributed by atoms with van der Waals surface area (Å²) in [5, 5.41) is 1.35. The summed E-state index contributed by atoms with van der Waals surface area (Å²) in [4.78, 5) is -0.562. The Morgan fingerprint density at radius 1 is 0.808 bits per heavy atom. The zero-order valence-electron chi connectivity index (χ0n) is 13.3. The van der Waals surface area contributed by atoms with Gasteiger partial charge in [0.25, 0.3) is 17.7 Å². The second kappa shape index (κ2) is 6.06. The van der Waals surface area contributed by atoms with Gasteiger partial charge >= 0.3 is 0 Å². The van der Waals surface area contributed by atoms with Gasteiger partial charge in [-0.05, 0) is 41.3 Å². The topological polar surface area (TPSA) is 80.8 Å². The molecule has 1 fully saturated rings. The first-order valence-electron chi connectivity index (χ1n) is 7.71. The maximum atomic E-state index is 13.0. The number of fused-ring (bicyclic) bond motifs is 1. The van der Waals surface area contributed by atoms with Gasteiger partial charge in [-0.25, -0.2) is 16.8 Å². The zero-order chi connectivity index (χ0) is 18.5. The zero-order valence-corrected chi connectivity index (χ0v) is 15.7. The molecule has 3 aromatic carbocycles. The molecule has 1 aliphatic rings. The van der Waals surface area contributed by atoms with E-state index in [4.69, 9.17) is 16.3 Å². The number of rotatable bonds is 4. The molecule has 3 aromatic rings. The van der Waals surface area contributed by atoms with Gasteiger partial charge in [-0.1, -0.05) is 41.9 Å². The van der Waals surface area contributed by atoms with Crippen LogP contribution in [0.5, 0.6) is 0 Å². The number of halogens is 1. The quantitative estimate of drug-likeness (QED) is 0.485. The van der Waals surface area contributed by atoms with Crippen LogP contribution in [0.15, 0.2) is 70.5 Å². The van der Waals surface area contributed by atoms with Crippen molar-refractivity contribution >= 4 is 40.1 Å². The highest BCUT2D eigenvalue weighted by Gasteiger charge is 2.36. The van der Waals surface area contributed by atoms with Crippen molar-refractivity contribution in [2.24, 2.45) is 0 Å². The minimum atomic E-state index is -4.66. The molecule has 0 aromatic heterocycles. The van der Waals surface area contributed by atoms with Crippen LogP contribution in [0.25, 0.3) is 10.8 Å². The summed E-state index contributed by atoms with van der Waals surface area (Å²) in [6.07, 6.45) is -0.0791. The van der Waals surface area contributed by atoms with Crippen LogP contribution in [0.1, 0.15) is 11.7 Å². The first kappa shape index (κ1) is 17.5. The largest absolute Gasteiger partial charge is 0.368 e. The summed E-state index contributed by atoms with van der Waals surface area (Å²) >= 11 is 5.77. The number of hydrogen-bond donors (Lipinski definition) is 0. The van der Waals surface area contributed by atoms with E-state index in [0.29, 0.717) is 22.4 Å². The third-order valence-electron chi connectivity index (χ3n) is 4.26. The third kappa shape index (κ3) is 2.72. The molecule has 1 unspecified atom stereocenters. The SMILES string of the molecule is O=S(=O)(c1ccc(Cl)cc1)S(=O)(=O)c1ccc(C2CO2)c2ccccc12. The molecule has 26 heavy (non-hydrogen) atoms. The summed E-state index contributed by atoms with van der Waals surface area (Å²) < 4.78 is 56.9. The van der Waals surface area contributed by atoms with Gasteiger partial charge in [0, 0.05) is 10.4 Å². The lowest BCUT2D eigenvalue weighted by atomic mass is 10.0. The molecule has 5 nitrogen and oxygen atoms in total. The Hall–Kier alpha value is -1.93. The Morgan fingerprint density at radius 2 is 1.42 bits per heavy atom. The van der Waals surface area contributed by atoms with Gasteiger partial charge in [-0.2, -0.15) is 0 Å². The molecule has 4 rings (SSSR count). The number of hydrogen-bond acceptors (Lipinski definition) is 5. The molecule has 0 radical (unpaired) electrons. The highest BCUT2D eigenvalue weighted by Crippen LogP contribution is 2.38.